The molecule has 0 heterocycles. The van der Waals surface area contributed by atoms with Crippen molar-refractivity contribution >= 4 is 21.6 Å². The molecule has 17 heavy (non-hydrogen) atoms. The van der Waals surface area contributed by atoms with E-state index in [1.807, 2.05) is 0 Å². The van der Waals surface area contributed by atoms with Gasteiger partial charge < -0.3 is 4.74 Å². The molecule has 0 atom stereocenters. The van der Waals surface area contributed by atoms with Crippen molar-refractivity contribution in [3.05, 3.63) is 33.9 Å². The van der Waals surface area contributed by atoms with Crippen LogP contribution in [-0.2, 0) is 5.33 Å². The van der Waals surface area contributed by atoms with E-state index in [0.29, 0.717) is 5.33 Å². The van der Waals surface area contributed by atoms with E-state index in [2.05, 4.69) is 15.9 Å². The lowest BCUT2D eigenvalue weighted by Gasteiger charge is -2.15. The van der Waals surface area contributed by atoms with Gasteiger partial charge in [0.1, 0.15) is 5.75 Å². The average Bonchev–Trinajstić information content (AvgIpc) is 2.82. The molecule has 0 aliphatic heterocycles. The Morgan fingerprint density at radius 1 is 1.41 bits per heavy atom. The first-order valence-corrected chi connectivity index (χ1v) is 6.83. The molecule has 0 radical (unpaired) electrons. The molecule has 0 aromatic heterocycles. The Labute approximate surface area is 108 Å². The Hall–Kier alpha value is -1.10. The van der Waals surface area contributed by atoms with Crippen LogP contribution in [0.1, 0.15) is 31.2 Å². The minimum atomic E-state index is -0.383. The molecule has 1 saturated carbocycles. The summed E-state index contributed by atoms with van der Waals surface area (Å²) in [7, 11) is 0. The Morgan fingerprint density at radius 3 is 2.71 bits per heavy atom. The Kier molecular flexibility index (Phi) is 3.99. The molecule has 1 aliphatic carbocycles. The highest BCUT2D eigenvalue weighted by atomic mass is 79.9. The van der Waals surface area contributed by atoms with Crippen LogP contribution in [0.3, 0.4) is 0 Å². The number of non-ortho nitro benzene ring substituents is 1. The highest BCUT2D eigenvalue weighted by Gasteiger charge is 2.19. The van der Waals surface area contributed by atoms with Gasteiger partial charge in [-0.2, -0.15) is 0 Å². The second-order valence-corrected chi connectivity index (χ2v) is 4.77. The fraction of sp³-hybridized carbons (Fsp3) is 0.500. The molecule has 0 unspecified atom stereocenters. The maximum atomic E-state index is 10.7. The summed E-state index contributed by atoms with van der Waals surface area (Å²) in [6.07, 6.45) is 4.86. The third-order valence-corrected chi connectivity index (χ3v) is 3.60. The van der Waals surface area contributed by atoms with Gasteiger partial charge in [-0.3, -0.25) is 10.1 Å². The lowest BCUT2D eigenvalue weighted by molar-refractivity contribution is -0.384. The first kappa shape index (κ1) is 12.4. The number of rotatable bonds is 4. The van der Waals surface area contributed by atoms with Crippen LogP contribution in [0.5, 0.6) is 5.75 Å². The predicted molar refractivity (Wildman–Crippen MR) is 68.6 cm³/mol. The first-order valence-electron chi connectivity index (χ1n) is 5.70. The number of hydrogen-bond acceptors (Lipinski definition) is 3. The molecule has 0 N–H and O–H groups in total. The second kappa shape index (κ2) is 5.49. The number of ether oxygens (including phenoxy) is 1. The Balaban J connectivity index is 2.18. The molecule has 92 valence electrons. The van der Waals surface area contributed by atoms with Gasteiger partial charge in [0.15, 0.2) is 0 Å². The standard InChI is InChI=1S/C12H14BrNO3/c13-8-9-7-10(14(15)16)5-6-12(9)17-11-3-1-2-4-11/h5-7,11H,1-4,8H2. The minimum Gasteiger partial charge on any atom is -0.490 e. The smallest absolute Gasteiger partial charge is 0.270 e. The first-order chi connectivity index (χ1) is 8.20. The number of halogens is 1. The number of nitrogens with zero attached hydrogens (tertiary/aromatic N) is 1. The Bertz CT molecular complexity index is 416. The summed E-state index contributed by atoms with van der Waals surface area (Å²) in [6.45, 7) is 0. The van der Waals surface area contributed by atoms with Crippen molar-refractivity contribution in [3.8, 4) is 5.75 Å². The van der Waals surface area contributed by atoms with Crippen LogP contribution in [0.25, 0.3) is 0 Å². The van der Waals surface area contributed by atoms with E-state index < -0.39 is 0 Å². The molecule has 1 aliphatic rings. The minimum absolute atomic E-state index is 0.109. The topological polar surface area (TPSA) is 52.4 Å². The fourth-order valence-electron chi connectivity index (χ4n) is 2.08. The van der Waals surface area contributed by atoms with Gasteiger partial charge in [-0.15, -0.1) is 0 Å². The van der Waals surface area contributed by atoms with Crippen molar-refractivity contribution in [2.45, 2.75) is 37.1 Å². The van der Waals surface area contributed by atoms with Crippen molar-refractivity contribution in [1.29, 1.82) is 0 Å². The van der Waals surface area contributed by atoms with E-state index >= 15 is 0 Å². The summed E-state index contributed by atoms with van der Waals surface area (Å²) in [5.74, 6) is 0.763. The van der Waals surface area contributed by atoms with Crippen LogP contribution in [0, 0.1) is 10.1 Å². The van der Waals surface area contributed by atoms with Gasteiger partial charge in [-0.05, 0) is 31.7 Å². The lowest BCUT2D eigenvalue weighted by Crippen LogP contribution is -2.12. The molecule has 1 aromatic carbocycles. The molecule has 0 bridgehead atoms. The van der Waals surface area contributed by atoms with E-state index in [4.69, 9.17) is 4.74 Å². The van der Waals surface area contributed by atoms with Crippen LogP contribution in [0.15, 0.2) is 18.2 Å². The summed E-state index contributed by atoms with van der Waals surface area (Å²) in [5.41, 5.74) is 0.948. The van der Waals surface area contributed by atoms with Crippen LogP contribution < -0.4 is 4.74 Å². The maximum Gasteiger partial charge on any atom is 0.270 e. The molecule has 1 fully saturated rings. The highest BCUT2D eigenvalue weighted by molar-refractivity contribution is 9.08. The van der Waals surface area contributed by atoms with E-state index in [0.717, 1.165) is 24.2 Å². The van der Waals surface area contributed by atoms with Gasteiger partial charge >= 0.3 is 0 Å². The summed E-state index contributed by atoms with van der Waals surface area (Å²) in [5, 5.41) is 11.2. The van der Waals surface area contributed by atoms with Crippen LogP contribution in [0.2, 0.25) is 0 Å². The summed E-state index contributed by atoms with van der Waals surface area (Å²) in [4.78, 5) is 10.3. The zero-order valence-corrected chi connectivity index (χ0v) is 11.0. The SMILES string of the molecule is O=[N+]([O-])c1ccc(OC2CCCC2)c(CBr)c1. The molecule has 0 amide bonds. The van der Waals surface area contributed by atoms with Crippen molar-refractivity contribution < 1.29 is 9.66 Å². The number of hydrogen-bond donors (Lipinski definition) is 0. The van der Waals surface area contributed by atoms with Gasteiger partial charge in [0.05, 0.1) is 11.0 Å². The van der Waals surface area contributed by atoms with Gasteiger partial charge in [0.25, 0.3) is 5.69 Å². The molecular weight excluding hydrogens is 286 g/mol. The van der Waals surface area contributed by atoms with Crippen LogP contribution in [-0.4, -0.2) is 11.0 Å². The summed E-state index contributed by atoms with van der Waals surface area (Å²) in [6, 6.07) is 4.77. The van der Waals surface area contributed by atoms with Crippen molar-refractivity contribution in [1.82, 2.24) is 0 Å². The molecule has 2 rings (SSSR count). The average molecular weight is 300 g/mol. The van der Waals surface area contributed by atoms with E-state index in [1.165, 1.54) is 18.9 Å². The second-order valence-electron chi connectivity index (χ2n) is 4.21. The molecule has 5 heteroatoms. The molecule has 0 saturated heterocycles. The summed E-state index contributed by atoms with van der Waals surface area (Å²) >= 11 is 3.34. The van der Waals surface area contributed by atoms with Crippen molar-refractivity contribution in [2.75, 3.05) is 0 Å². The van der Waals surface area contributed by atoms with Gasteiger partial charge in [-0.25, -0.2) is 0 Å². The van der Waals surface area contributed by atoms with Gasteiger partial charge in [-0.1, -0.05) is 15.9 Å². The number of alkyl halides is 1. The van der Waals surface area contributed by atoms with Crippen molar-refractivity contribution in [2.24, 2.45) is 0 Å². The number of benzene rings is 1. The normalized spacial score (nSPS) is 16.1. The van der Waals surface area contributed by atoms with Crippen molar-refractivity contribution in [3.63, 3.8) is 0 Å². The quantitative estimate of drug-likeness (QED) is 0.482. The monoisotopic (exact) mass is 299 g/mol. The molecule has 1 aromatic rings. The number of nitro groups is 1. The number of nitro benzene ring substituents is 1. The van der Waals surface area contributed by atoms with Crippen LogP contribution in [0.4, 0.5) is 5.69 Å². The zero-order valence-electron chi connectivity index (χ0n) is 9.39. The van der Waals surface area contributed by atoms with E-state index in [9.17, 15) is 10.1 Å². The van der Waals surface area contributed by atoms with Gasteiger partial charge in [0.2, 0.25) is 0 Å². The molecular formula is C12H14BrNO3. The molecule has 0 spiro atoms. The third-order valence-electron chi connectivity index (χ3n) is 2.99. The van der Waals surface area contributed by atoms with E-state index in [-0.39, 0.29) is 16.7 Å². The molecule has 4 nitrogen and oxygen atoms in total. The summed E-state index contributed by atoms with van der Waals surface area (Å²) < 4.78 is 5.88. The zero-order chi connectivity index (χ0) is 12.3. The predicted octanol–water partition coefficient (Wildman–Crippen LogP) is 3.81. The van der Waals surface area contributed by atoms with Gasteiger partial charge in [0, 0.05) is 23.0 Å². The van der Waals surface area contributed by atoms with E-state index in [1.54, 1.807) is 12.1 Å². The Morgan fingerprint density at radius 2 is 2.12 bits per heavy atom. The fourth-order valence-corrected chi connectivity index (χ4v) is 2.52. The highest BCUT2D eigenvalue weighted by Crippen LogP contribution is 2.30. The van der Waals surface area contributed by atoms with Crippen LogP contribution >= 0.6 is 15.9 Å². The maximum absolute atomic E-state index is 10.7. The largest absolute Gasteiger partial charge is 0.490 e. The lowest BCUT2D eigenvalue weighted by atomic mass is 10.2. The third kappa shape index (κ3) is 2.97.